The van der Waals surface area contributed by atoms with E-state index in [9.17, 15) is 4.79 Å². The van der Waals surface area contributed by atoms with Crippen LogP contribution in [0.15, 0.2) is 65.9 Å². The summed E-state index contributed by atoms with van der Waals surface area (Å²) in [5.41, 5.74) is 3.41. The molecule has 4 nitrogen and oxygen atoms in total. The standard InChI is InChI=1S/C23H25NO3/c1-16-21(22(25)26-14-8-11-17-9-4-3-5-10-17)19-15-23(2,24-16)27-20-13-7-6-12-18(19)20/h3-7,9-10,12-13,19,24H,8,11,14-15H2,1-2H3/t19-,23-/m0/s1. The van der Waals surface area contributed by atoms with Crippen LogP contribution in [0.1, 0.15) is 43.7 Å². The normalized spacial score (nSPS) is 23.1. The Morgan fingerprint density at radius 1 is 1.19 bits per heavy atom. The van der Waals surface area contributed by atoms with E-state index in [0.717, 1.165) is 41.8 Å². The van der Waals surface area contributed by atoms with Gasteiger partial charge in [-0.15, -0.1) is 0 Å². The van der Waals surface area contributed by atoms with Crippen molar-refractivity contribution < 1.29 is 14.3 Å². The van der Waals surface area contributed by atoms with Crippen LogP contribution in [0, 0.1) is 0 Å². The van der Waals surface area contributed by atoms with Crippen LogP contribution in [-0.2, 0) is 16.0 Å². The molecule has 1 N–H and O–H groups in total. The molecule has 2 heterocycles. The lowest BCUT2D eigenvalue weighted by Gasteiger charge is -2.45. The molecular weight excluding hydrogens is 338 g/mol. The Kier molecular flexibility index (Phi) is 4.65. The molecule has 2 aromatic rings. The van der Waals surface area contributed by atoms with Gasteiger partial charge in [0.05, 0.1) is 12.2 Å². The first-order valence-electron chi connectivity index (χ1n) is 9.54. The topological polar surface area (TPSA) is 47.6 Å². The van der Waals surface area contributed by atoms with Gasteiger partial charge in [-0.25, -0.2) is 4.79 Å². The van der Waals surface area contributed by atoms with Crippen LogP contribution in [0.4, 0.5) is 0 Å². The van der Waals surface area contributed by atoms with Crippen LogP contribution >= 0.6 is 0 Å². The molecule has 27 heavy (non-hydrogen) atoms. The summed E-state index contributed by atoms with van der Waals surface area (Å²) < 4.78 is 11.8. The van der Waals surface area contributed by atoms with Crippen molar-refractivity contribution in [2.75, 3.05) is 6.61 Å². The van der Waals surface area contributed by atoms with Crippen molar-refractivity contribution >= 4 is 5.97 Å². The van der Waals surface area contributed by atoms with Crippen molar-refractivity contribution in [3.8, 4) is 5.75 Å². The number of aryl methyl sites for hydroxylation is 1. The monoisotopic (exact) mass is 363 g/mol. The van der Waals surface area contributed by atoms with Gasteiger partial charge in [-0.05, 0) is 38.3 Å². The summed E-state index contributed by atoms with van der Waals surface area (Å²) in [6.07, 6.45) is 2.44. The highest BCUT2D eigenvalue weighted by atomic mass is 16.5. The zero-order chi connectivity index (χ0) is 18.9. The molecule has 2 aliphatic rings. The van der Waals surface area contributed by atoms with Crippen molar-refractivity contribution in [2.45, 2.75) is 44.8 Å². The van der Waals surface area contributed by atoms with Crippen LogP contribution < -0.4 is 10.1 Å². The first-order valence-corrected chi connectivity index (χ1v) is 9.54. The summed E-state index contributed by atoms with van der Waals surface area (Å²) in [5.74, 6) is 0.616. The zero-order valence-corrected chi connectivity index (χ0v) is 15.8. The van der Waals surface area contributed by atoms with Crippen molar-refractivity contribution in [3.63, 3.8) is 0 Å². The van der Waals surface area contributed by atoms with E-state index in [2.05, 4.69) is 17.4 Å². The Hall–Kier alpha value is -2.75. The van der Waals surface area contributed by atoms with Crippen molar-refractivity contribution in [1.29, 1.82) is 0 Å². The van der Waals surface area contributed by atoms with Crippen LogP contribution in [0.3, 0.4) is 0 Å². The van der Waals surface area contributed by atoms with Gasteiger partial charge < -0.3 is 14.8 Å². The molecule has 2 bridgehead atoms. The molecule has 2 aliphatic heterocycles. The third-order valence-electron chi connectivity index (χ3n) is 5.33. The Balaban J connectivity index is 1.46. The zero-order valence-electron chi connectivity index (χ0n) is 15.8. The molecule has 140 valence electrons. The lowest BCUT2D eigenvalue weighted by molar-refractivity contribution is -0.140. The minimum Gasteiger partial charge on any atom is -0.468 e. The molecule has 0 aliphatic carbocycles. The van der Waals surface area contributed by atoms with Gasteiger partial charge in [-0.3, -0.25) is 0 Å². The number of esters is 1. The van der Waals surface area contributed by atoms with Gasteiger partial charge in [0.15, 0.2) is 5.72 Å². The second-order valence-corrected chi connectivity index (χ2v) is 7.52. The maximum Gasteiger partial charge on any atom is 0.336 e. The summed E-state index contributed by atoms with van der Waals surface area (Å²) in [6.45, 7) is 4.39. The molecule has 0 saturated heterocycles. The van der Waals surface area contributed by atoms with Gasteiger partial charge >= 0.3 is 5.97 Å². The minimum atomic E-state index is -0.486. The second kappa shape index (κ2) is 7.10. The van der Waals surface area contributed by atoms with Crippen molar-refractivity contribution in [2.24, 2.45) is 0 Å². The first kappa shape index (κ1) is 17.7. The summed E-state index contributed by atoms with van der Waals surface area (Å²) >= 11 is 0. The summed E-state index contributed by atoms with van der Waals surface area (Å²) in [7, 11) is 0. The van der Waals surface area contributed by atoms with Crippen LogP contribution in [0.5, 0.6) is 5.75 Å². The molecule has 0 fully saturated rings. The predicted molar refractivity (Wildman–Crippen MR) is 104 cm³/mol. The highest BCUT2D eigenvalue weighted by Gasteiger charge is 2.45. The summed E-state index contributed by atoms with van der Waals surface area (Å²) in [5, 5.41) is 3.37. The Morgan fingerprint density at radius 3 is 2.74 bits per heavy atom. The van der Waals surface area contributed by atoms with Crippen LogP contribution in [0.2, 0.25) is 0 Å². The number of fused-ring (bicyclic) bond motifs is 4. The number of hydrogen-bond donors (Lipinski definition) is 1. The third kappa shape index (κ3) is 3.57. The number of benzene rings is 2. The fourth-order valence-corrected chi connectivity index (χ4v) is 4.16. The molecule has 0 saturated carbocycles. The van der Waals surface area contributed by atoms with E-state index in [1.807, 2.05) is 56.3 Å². The SMILES string of the molecule is CC1=C(C(=O)OCCCc2ccccc2)[C@H]2C[C@@](C)(N1)Oc1ccccc12. The van der Waals surface area contributed by atoms with E-state index in [4.69, 9.17) is 9.47 Å². The highest BCUT2D eigenvalue weighted by molar-refractivity contribution is 5.91. The molecule has 0 spiro atoms. The molecular formula is C23H25NO3. The van der Waals surface area contributed by atoms with Gasteiger partial charge in [0, 0.05) is 23.6 Å². The number of carbonyl (C=O) groups excluding carboxylic acids is 1. The van der Waals surface area contributed by atoms with E-state index in [1.165, 1.54) is 5.56 Å². The lowest BCUT2D eigenvalue weighted by Crippen LogP contribution is -2.54. The number of rotatable bonds is 5. The Bertz CT molecular complexity index is 874. The maximum atomic E-state index is 12.9. The molecule has 0 aromatic heterocycles. The summed E-state index contributed by atoms with van der Waals surface area (Å²) in [4.78, 5) is 12.9. The average molecular weight is 363 g/mol. The van der Waals surface area contributed by atoms with Crippen molar-refractivity contribution in [3.05, 3.63) is 77.0 Å². The van der Waals surface area contributed by atoms with Gasteiger partial charge in [0.1, 0.15) is 5.75 Å². The first-order chi connectivity index (χ1) is 13.1. The Labute approximate surface area is 160 Å². The van der Waals surface area contributed by atoms with Gasteiger partial charge in [-0.2, -0.15) is 0 Å². The molecule has 2 aromatic carbocycles. The highest BCUT2D eigenvalue weighted by Crippen LogP contribution is 2.47. The molecule has 0 amide bonds. The molecule has 0 radical (unpaired) electrons. The number of allylic oxidation sites excluding steroid dienone is 1. The molecule has 2 atom stereocenters. The van der Waals surface area contributed by atoms with E-state index in [-0.39, 0.29) is 11.9 Å². The molecule has 4 heteroatoms. The van der Waals surface area contributed by atoms with Crippen LogP contribution in [-0.4, -0.2) is 18.3 Å². The quantitative estimate of drug-likeness (QED) is 0.635. The average Bonchev–Trinajstić information content (AvgIpc) is 2.65. The van der Waals surface area contributed by atoms with E-state index in [1.54, 1.807) is 0 Å². The second-order valence-electron chi connectivity index (χ2n) is 7.52. The smallest absolute Gasteiger partial charge is 0.336 e. The third-order valence-corrected chi connectivity index (χ3v) is 5.33. The molecule has 4 rings (SSSR count). The number of carbonyl (C=O) groups is 1. The fourth-order valence-electron chi connectivity index (χ4n) is 4.16. The van der Waals surface area contributed by atoms with Crippen molar-refractivity contribution in [1.82, 2.24) is 5.32 Å². The Morgan fingerprint density at radius 2 is 1.93 bits per heavy atom. The number of nitrogens with one attached hydrogen (secondary N) is 1. The lowest BCUT2D eigenvalue weighted by atomic mass is 9.78. The van der Waals surface area contributed by atoms with Gasteiger partial charge in [0.2, 0.25) is 0 Å². The number of para-hydroxylation sites is 1. The van der Waals surface area contributed by atoms with Gasteiger partial charge in [0.25, 0.3) is 0 Å². The number of ether oxygens (including phenoxy) is 2. The predicted octanol–water partition coefficient (Wildman–Crippen LogP) is 4.32. The fraction of sp³-hybridized carbons (Fsp3) is 0.348. The molecule has 0 unspecified atom stereocenters. The minimum absolute atomic E-state index is 0.00261. The largest absolute Gasteiger partial charge is 0.468 e. The summed E-state index contributed by atoms with van der Waals surface area (Å²) in [6, 6.07) is 18.2. The van der Waals surface area contributed by atoms with Gasteiger partial charge in [-0.1, -0.05) is 48.5 Å². The maximum absolute atomic E-state index is 12.9. The number of hydrogen-bond acceptors (Lipinski definition) is 4. The van der Waals surface area contributed by atoms with E-state index in [0.29, 0.717) is 6.61 Å². The van der Waals surface area contributed by atoms with E-state index >= 15 is 0 Å². The van der Waals surface area contributed by atoms with Crippen LogP contribution in [0.25, 0.3) is 0 Å². The van der Waals surface area contributed by atoms with E-state index < -0.39 is 5.72 Å².